The minimum Gasteiger partial charge on any atom is -0.328 e. The van der Waals surface area contributed by atoms with Crippen molar-refractivity contribution >= 4 is 42.1 Å². The van der Waals surface area contributed by atoms with Crippen molar-refractivity contribution in [3.8, 4) is 0 Å². The highest BCUT2D eigenvalue weighted by Gasteiger charge is 2.30. The van der Waals surface area contributed by atoms with E-state index in [9.17, 15) is 9.18 Å². The first kappa shape index (κ1) is 22.8. The summed E-state index contributed by atoms with van der Waals surface area (Å²) >= 11 is 1.54. The predicted octanol–water partition coefficient (Wildman–Crippen LogP) is 4.11. The number of benzene rings is 1. The SMILES string of the molecule is CC(C)Cc1nc(C(=O)N2CCNCC2c2cccc(F)c2)cs1.Cl.Cl. The standard InChI is InChI=1S/C18H22FN3OS.2ClH/c1-12(2)8-17-21-15(11-24-17)18(23)22-7-6-20-10-16(22)13-4-3-5-14(19)9-13;;/h3-5,9,11-12,16,20H,6-8,10H2,1-2H3;2*1H. The first-order valence-corrected chi connectivity index (χ1v) is 9.14. The second kappa shape index (κ2) is 10.2. The van der Waals surface area contributed by atoms with Gasteiger partial charge in [0.2, 0.25) is 0 Å². The van der Waals surface area contributed by atoms with Crippen molar-refractivity contribution in [2.75, 3.05) is 19.6 Å². The molecule has 1 aliphatic rings. The van der Waals surface area contributed by atoms with Crippen LogP contribution in [0.1, 0.15) is 40.9 Å². The van der Waals surface area contributed by atoms with Crippen LogP contribution in [0, 0.1) is 11.7 Å². The molecular formula is C18H24Cl2FN3OS. The number of hydrogen-bond donors (Lipinski definition) is 1. The fraction of sp³-hybridized carbons (Fsp3) is 0.444. The molecule has 0 spiro atoms. The second-order valence-electron chi connectivity index (χ2n) is 6.50. The number of rotatable bonds is 4. The summed E-state index contributed by atoms with van der Waals surface area (Å²) in [5.74, 6) is 0.161. The van der Waals surface area contributed by atoms with Crippen LogP contribution in [0.5, 0.6) is 0 Å². The Hall–Kier alpha value is -1.21. The van der Waals surface area contributed by atoms with Crippen LogP contribution in [-0.2, 0) is 6.42 Å². The fourth-order valence-electron chi connectivity index (χ4n) is 2.96. The molecule has 26 heavy (non-hydrogen) atoms. The number of amides is 1. The molecule has 144 valence electrons. The van der Waals surface area contributed by atoms with Gasteiger partial charge in [0.25, 0.3) is 5.91 Å². The van der Waals surface area contributed by atoms with Crippen molar-refractivity contribution in [3.05, 3.63) is 51.7 Å². The van der Waals surface area contributed by atoms with E-state index in [-0.39, 0.29) is 42.6 Å². The van der Waals surface area contributed by atoms with Crippen molar-refractivity contribution in [2.24, 2.45) is 5.92 Å². The van der Waals surface area contributed by atoms with Crippen molar-refractivity contribution < 1.29 is 9.18 Å². The minimum atomic E-state index is -0.279. The van der Waals surface area contributed by atoms with E-state index < -0.39 is 0 Å². The van der Waals surface area contributed by atoms with Gasteiger partial charge in [0.1, 0.15) is 11.5 Å². The molecule has 8 heteroatoms. The number of hydrogen-bond acceptors (Lipinski definition) is 4. The molecule has 2 aromatic rings. The number of nitrogens with zero attached hydrogens (tertiary/aromatic N) is 2. The summed E-state index contributed by atoms with van der Waals surface area (Å²) in [7, 11) is 0. The number of nitrogens with one attached hydrogen (secondary N) is 1. The third kappa shape index (κ3) is 5.39. The van der Waals surface area contributed by atoms with Crippen LogP contribution in [0.25, 0.3) is 0 Å². The Balaban J connectivity index is 0.00000169. The molecule has 0 bridgehead atoms. The van der Waals surface area contributed by atoms with Crippen LogP contribution < -0.4 is 5.32 Å². The van der Waals surface area contributed by atoms with Gasteiger partial charge in [0, 0.05) is 31.4 Å². The zero-order chi connectivity index (χ0) is 17.1. The summed E-state index contributed by atoms with van der Waals surface area (Å²) in [4.78, 5) is 19.2. The number of carbonyl (C=O) groups is 1. The minimum absolute atomic E-state index is 0. The maximum absolute atomic E-state index is 13.6. The van der Waals surface area contributed by atoms with Gasteiger partial charge in [-0.15, -0.1) is 36.2 Å². The van der Waals surface area contributed by atoms with Gasteiger partial charge in [-0.2, -0.15) is 0 Å². The van der Waals surface area contributed by atoms with Gasteiger partial charge in [-0.25, -0.2) is 9.37 Å². The largest absolute Gasteiger partial charge is 0.328 e. The third-order valence-electron chi connectivity index (χ3n) is 4.09. The van der Waals surface area contributed by atoms with Crippen molar-refractivity contribution in [2.45, 2.75) is 26.3 Å². The molecule has 3 rings (SSSR count). The summed E-state index contributed by atoms with van der Waals surface area (Å²) in [5.41, 5.74) is 1.31. The summed E-state index contributed by atoms with van der Waals surface area (Å²) in [6.07, 6.45) is 0.882. The highest BCUT2D eigenvalue weighted by molar-refractivity contribution is 7.09. The van der Waals surface area contributed by atoms with E-state index in [4.69, 9.17) is 0 Å². The molecule has 0 radical (unpaired) electrons. The lowest BCUT2D eigenvalue weighted by molar-refractivity contribution is 0.0628. The van der Waals surface area contributed by atoms with E-state index in [1.165, 1.54) is 23.5 Å². The molecular weight excluding hydrogens is 396 g/mol. The number of aromatic nitrogens is 1. The van der Waals surface area contributed by atoms with E-state index in [0.717, 1.165) is 23.5 Å². The van der Waals surface area contributed by atoms with Gasteiger partial charge in [-0.3, -0.25) is 4.79 Å². The van der Waals surface area contributed by atoms with Crippen LogP contribution in [0.2, 0.25) is 0 Å². The number of halogens is 3. The van der Waals surface area contributed by atoms with Crippen LogP contribution in [0.15, 0.2) is 29.6 Å². The molecule has 1 unspecified atom stereocenters. The highest BCUT2D eigenvalue weighted by Crippen LogP contribution is 2.25. The lowest BCUT2D eigenvalue weighted by atomic mass is 10.0. The second-order valence-corrected chi connectivity index (χ2v) is 7.44. The molecule has 1 saturated heterocycles. The molecule has 1 aromatic heterocycles. The topological polar surface area (TPSA) is 45.2 Å². The Morgan fingerprint density at radius 1 is 1.42 bits per heavy atom. The molecule has 1 fully saturated rings. The van der Waals surface area contributed by atoms with Gasteiger partial charge in [0.05, 0.1) is 11.0 Å². The summed E-state index contributed by atoms with van der Waals surface area (Å²) < 4.78 is 13.6. The lowest BCUT2D eigenvalue weighted by Gasteiger charge is -2.36. The number of thiazole rings is 1. The molecule has 0 saturated carbocycles. The first-order chi connectivity index (χ1) is 11.5. The zero-order valence-corrected chi connectivity index (χ0v) is 17.2. The third-order valence-corrected chi connectivity index (χ3v) is 4.96. The Morgan fingerprint density at radius 2 is 2.19 bits per heavy atom. The van der Waals surface area contributed by atoms with Crippen LogP contribution in [0.3, 0.4) is 0 Å². The molecule has 1 aliphatic heterocycles. The molecule has 1 aromatic carbocycles. The lowest BCUT2D eigenvalue weighted by Crippen LogP contribution is -2.48. The van der Waals surface area contributed by atoms with Crippen molar-refractivity contribution in [1.29, 1.82) is 0 Å². The monoisotopic (exact) mass is 419 g/mol. The molecule has 1 atom stereocenters. The summed E-state index contributed by atoms with van der Waals surface area (Å²) in [5, 5.41) is 6.12. The Bertz CT molecular complexity index is 726. The van der Waals surface area contributed by atoms with Crippen molar-refractivity contribution in [3.63, 3.8) is 0 Å². The molecule has 4 nitrogen and oxygen atoms in total. The van der Waals surface area contributed by atoms with Gasteiger partial charge < -0.3 is 10.2 Å². The quantitative estimate of drug-likeness (QED) is 0.810. The van der Waals surface area contributed by atoms with E-state index in [2.05, 4.69) is 24.1 Å². The maximum Gasteiger partial charge on any atom is 0.273 e. The molecule has 2 heterocycles. The van der Waals surface area contributed by atoms with Crippen molar-refractivity contribution in [1.82, 2.24) is 15.2 Å². The Kier molecular flexibility index (Phi) is 8.96. The smallest absolute Gasteiger partial charge is 0.273 e. The first-order valence-electron chi connectivity index (χ1n) is 8.26. The molecule has 1 amide bonds. The van der Waals surface area contributed by atoms with E-state index >= 15 is 0 Å². The Morgan fingerprint density at radius 3 is 2.88 bits per heavy atom. The Labute approximate surface area is 170 Å². The van der Waals surface area contributed by atoms with Crippen LogP contribution >= 0.6 is 36.2 Å². The average Bonchev–Trinajstić information content (AvgIpc) is 3.02. The van der Waals surface area contributed by atoms with Gasteiger partial charge in [-0.1, -0.05) is 26.0 Å². The highest BCUT2D eigenvalue weighted by atomic mass is 35.5. The maximum atomic E-state index is 13.6. The van der Waals surface area contributed by atoms with Gasteiger partial charge in [0.15, 0.2) is 0 Å². The van der Waals surface area contributed by atoms with E-state index in [1.807, 2.05) is 11.4 Å². The predicted molar refractivity (Wildman–Crippen MR) is 108 cm³/mol. The number of piperazine rings is 1. The molecule has 1 N–H and O–H groups in total. The fourth-order valence-corrected chi connectivity index (χ4v) is 3.94. The van der Waals surface area contributed by atoms with Gasteiger partial charge in [-0.05, 0) is 23.6 Å². The van der Waals surface area contributed by atoms with E-state index in [1.54, 1.807) is 11.0 Å². The zero-order valence-electron chi connectivity index (χ0n) is 14.8. The number of carbonyl (C=O) groups excluding carboxylic acids is 1. The molecule has 0 aliphatic carbocycles. The van der Waals surface area contributed by atoms with Gasteiger partial charge >= 0.3 is 0 Å². The van der Waals surface area contributed by atoms with Crippen LogP contribution in [-0.4, -0.2) is 35.4 Å². The van der Waals surface area contributed by atoms with Crippen LogP contribution in [0.4, 0.5) is 4.39 Å². The summed E-state index contributed by atoms with van der Waals surface area (Å²) in [6.45, 7) is 6.23. The average molecular weight is 420 g/mol. The normalized spacial score (nSPS) is 16.8. The van der Waals surface area contributed by atoms with E-state index in [0.29, 0.717) is 24.7 Å². The summed E-state index contributed by atoms with van der Waals surface area (Å²) in [6, 6.07) is 6.31.